The molecule has 124 valence electrons. The van der Waals surface area contributed by atoms with Gasteiger partial charge >= 0.3 is 6.03 Å². The molecule has 1 N–H and O–H groups in total. The lowest BCUT2D eigenvalue weighted by molar-refractivity contribution is 0.190. The Morgan fingerprint density at radius 2 is 2.22 bits per heavy atom. The second-order valence-corrected chi connectivity index (χ2v) is 5.17. The first kappa shape index (κ1) is 16.7. The number of benzene rings is 1. The van der Waals surface area contributed by atoms with E-state index in [-0.39, 0.29) is 24.4 Å². The molecule has 0 saturated carbocycles. The summed E-state index contributed by atoms with van der Waals surface area (Å²) in [6.45, 7) is 2.35. The average molecular weight is 321 g/mol. The molecule has 7 nitrogen and oxygen atoms in total. The molecule has 0 saturated heterocycles. The van der Waals surface area contributed by atoms with E-state index in [0.717, 1.165) is 0 Å². The number of ether oxygens (including phenoxy) is 1. The summed E-state index contributed by atoms with van der Waals surface area (Å²) >= 11 is 0. The summed E-state index contributed by atoms with van der Waals surface area (Å²) in [6, 6.07) is 5.62. The van der Waals surface area contributed by atoms with Crippen LogP contribution in [-0.4, -0.2) is 45.9 Å². The van der Waals surface area contributed by atoms with Gasteiger partial charge in [0.05, 0.1) is 12.6 Å². The van der Waals surface area contributed by atoms with Crippen molar-refractivity contribution < 1.29 is 13.9 Å². The maximum Gasteiger partial charge on any atom is 0.317 e. The van der Waals surface area contributed by atoms with Crippen molar-refractivity contribution in [3.8, 4) is 5.75 Å². The number of likely N-dealkylation sites (N-methyl/N-ethyl adjacent to an activating group) is 1. The van der Waals surface area contributed by atoms with Crippen molar-refractivity contribution in [3.63, 3.8) is 0 Å². The Hall–Kier alpha value is -2.64. The number of nitrogens with zero attached hydrogens (tertiary/aromatic N) is 4. The van der Waals surface area contributed by atoms with Crippen LogP contribution in [0.25, 0.3) is 0 Å². The van der Waals surface area contributed by atoms with E-state index in [1.54, 1.807) is 36.1 Å². The number of halogens is 1. The summed E-state index contributed by atoms with van der Waals surface area (Å²) in [7, 11) is 3.45. The van der Waals surface area contributed by atoms with E-state index < -0.39 is 5.82 Å². The number of para-hydroxylation sites is 1. The highest BCUT2D eigenvalue weighted by atomic mass is 19.1. The molecule has 0 aliphatic rings. The first-order valence-corrected chi connectivity index (χ1v) is 7.22. The highest BCUT2D eigenvalue weighted by molar-refractivity contribution is 5.74. The van der Waals surface area contributed by atoms with Gasteiger partial charge in [-0.05, 0) is 19.1 Å². The van der Waals surface area contributed by atoms with Crippen molar-refractivity contribution in [1.82, 2.24) is 25.0 Å². The van der Waals surface area contributed by atoms with Crippen LogP contribution in [0.5, 0.6) is 5.75 Å². The molecule has 0 aliphatic carbocycles. The third-order valence-electron chi connectivity index (χ3n) is 3.34. The van der Waals surface area contributed by atoms with Gasteiger partial charge in [-0.3, -0.25) is 0 Å². The predicted molar refractivity (Wildman–Crippen MR) is 82.5 cm³/mol. The van der Waals surface area contributed by atoms with Gasteiger partial charge in [-0.2, -0.15) is 0 Å². The number of rotatable bonds is 6. The van der Waals surface area contributed by atoms with Gasteiger partial charge in [0.15, 0.2) is 17.4 Å². The molecule has 2 rings (SSSR count). The van der Waals surface area contributed by atoms with Crippen molar-refractivity contribution in [1.29, 1.82) is 0 Å². The summed E-state index contributed by atoms with van der Waals surface area (Å²) in [5, 5.41) is 10.5. The molecular formula is C15H20FN5O2. The summed E-state index contributed by atoms with van der Waals surface area (Å²) in [5.41, 5.74) is 0. The second kappa shape index (κ2) is 7.57. The Morgan fingerprint density at radius 1 is 1.48 bits per heavy atom. The summed E-state index contributed by atoms with van der Waals surface area (Å²) in [4.78, 5) is 13.6. The predicted octanol–water partition coefficient (Wildman–Crippen LogP) is 1.74. The normalized spacial score (nSPS) is 11.8. The van der Waals surface area contributed by atoms with E-state index in [9.17, 15) is 9.18 Å². The second-order valence-electron chi connectivity index (χ2n) is 5.17. The number of urea groups is 1. The van der Waals surface area contributed by atoms with Gasteiger partial charge in [0, 0.05) is 14.1 Å². The molecule has 2 amide bonds. The lowest BCUT2D eigenvalue weighted by Crippen LogP contribution is -2.41. The van der Waals surface area contributed by atoms with Crippen LogP contribution in [0.4, 0.5) is 9.18 Å². The molecule has 0 unspecified atom stereocenters. The molecular weight excluding hydrogens is 301 g/mol. The first-order valence-electron chi connectivity index (χ1n) is 7.22. The molecule has 1 aromatic heterocycles. The minimum absolute atomic E-state index is 0.175. The Labute approximate surface area is 134 Å². The lowest BCUT2D eigenvalue weighted by atomic mass is 10.3. The quantitative estimate of drug-likeness (QED) is 0.879. The van der Waals surface area contributed by atoms with Gasteiger partial charge in [0.2, 0.25) is 0 Å². The fraction of sp³-hybridized carbons (Fsp3) is 0.400. The fourth-order valence-electron chi connectivity index (χ4n) is 2.00. The Balaban J connectivity index is 1.79. The number of carbonyl (C=O) groups is 1. The zero-order valence-electron chi connectivity index (χ0n) is 13.4. The standard InChI is InChI=1S/C15H20FN5O2/c1-11(14-19-17-10-21(14)3)18-15(22)20(2)8-9-23-13-7-5-4-6-12(13)16/h4-7,10-11H,8-9H2,1-3H3,(H,18,22)/t11-/m0/s1. The number of aryl methyl sites for hydroxylation is 1. The molecule has 1 atom stereocenters. The SMILES string of the molecule is C[C@H](NC(=O)N(C)CCOc1ccccc1F)c1nncn1C. The lowest BCUT2D eigenvalue weighted by Gasteiger charge is -2.21. The number of hydrogen-bond donors (Lipinski definition) is 1. The number of hydrogen-bond acceptors (Lipinski definition) is 4. The smallest absolute Gasteiger partial charge is 0.317 e. The van der Waals surface area contributed by atoms with Gasteiger partial charge in [0.1, 0.15) is 12.9 Å². The molecule has 23 heavy (non-hydrogen) atoms. The van der Waals surface area contributed by atoms with Crippen LogP contribution in [0.3, 0.4) is 0 Å². The average Bonchev–Trinajstić information content (AvgIpc) is 2.95. The van der Waals surface area contributed by atoms with E-state index in [2.05, 4.69) is 15.5 Å². The molecule has 8 heteroatoms. The zero-order valence-corrected chi connectivity index (χ0v) is 13.4. The minimum Gasteiger partial charge on any atom is -0.489 e. The van der Waals surface area contributed by atoms with Crippen molar-refractivity contribution in [3.05, 3.63) is 42.2 Å². The van der Waals surface area contributed by atoms with E-state index in [4.69, 9.17) is 4.74 Å². The molecule has 0 radical (unpaired) electrons. The highest BCUT2D eigenvalue weighted by Gasteiger charge is 2.16. The largest absolute Gasteiger partial charge is 0.489 e. The van der Waals surface area contributed by atoms with Crippen LogP contribution in [0.15, 0.2) is 30.6 Å². The van der Waals surface area contributed by atoms with Crippen LogP contribution >= 0.6 is 0 Å². The topological polar surface area (TPSA) is 72.3 Å². The third kappa shape index (κ3) is 4.41. The Morgan fingerprint density at radius 3 is 2.87 bits per heavy atom. The van der Waals surface area contributed by atoms with Crippen LogP contribution in [-0.2, 0) is 7.05 Å². The van der Waals surface area contributed by atoms with E-state index in [1.165, 1.54) is 11.0 Å². The number of aromatic nitrogens is 3. The van der Waals surface area contributed by atoms with E-state index >= 15 is 0 Å². The molecule has 1 heterocycles. The van der Waals surface area contributed by atoms with Crippen molar-refractivity contribution >= 4 is 6.03 Å². The van der Waals surface area contributed by atoms with Crippen LogP contribution in [0.2, 0.25) is 0 Å². The van der Waals surface area contributed by atoms with Crippen LogP contribution in [0.1, 0.15) is 18.8 Å². The van der Waals surface area contributed by atoms with Crippen molar-refractivity contribution in [2.45, 2.75) is 13.0 Å². The summed E-state index contributed by atoms with van der Waals surface area (Å²) in [5.74, 6) is 0.415. The summed E-state index contributed by atoms with van der Waals surface area (Å²) in [6.07, 6.45) is 1.57. The molecule has 0 aliphatic heterocycles. The molecule has 0 fully saturated rings. The van der Waals surface area contributed by atoms with Gasteiger partial charge in [0.25, 0.3) is 0 Å². The number of nitrogens with one attached hydrogen (secondary N) is 1. The van der Waals surface area contributed by atoms with Gasteiger partial charge in [-0.15, -0.1) is 10.2 Å². The van der Waals surface area contributed by atoms with Gasteiger partial charge in [-0.25, -0.2) is 9.18 Å². The van der Waals surface area contributed by atoms with Crippen molar-refractivity contribution in [2.75, 3.05) is 20.2 Å². The molecule has 0 spiro atoms. The molecule has 1 aromatic carbocycles. The molecule has 0 bridgehead atoms. The van der Waals surface area contributed by atoms with Crippen molar-refractivity contribution in [2.24, 2.45) is 7.05 Å². The maximum absolute atomic E-state index is 13.4. The van der Waals surface area contributed by atoms with Crippen LogP contribution < -0.4 is 10.1 Å². The minimum atomic E-state index is -0.421. The third-order valence-corrected chi connectivity index (χ3v) is 3.34. The summed E-state index contributed by atoms with van der Waals surface area (Å²) < 4.78 is 20.5. The van der Waals surface area contributed by atoms with Gasteiger partial charge in [-0.1, -0.05) is 12.1 Å². The first-order chi connectivity index (χ1) is 11.0. The number of amides is 2. The van der Waals surface area contributed by atoms with Gasteiger partial charge < -0.3 is 19.5 Å². The zero-order chi connectivity index (χ0) is 16.8. The monoisotopic (exact) mass is 321 g/mol. The van der Waals surface area contributed by atoms with Crippen LogP contribution in [0, 0.1) is 5.82 Å². The highest BCUT2D eigenvalue weighted by Crippen LogP contribution is 2.15. The van der Waals surface area contributed by atoms with E-state index in [1.807, 2.05) is 14.0 Å². The Kier molecular flexibility index (Phi) is 5.51. The fourth-order valence-corrected chi connectivity index (χ4v) is 2.00. The maximum atomic E-state index is 13.4. The number of carbonyl (C=O) groups excluding carboxylic acids is 1. The molecule has 2 aromatic rings. The Bertz CT molecular complexity index is 661. The van der Waals surface area contributed by atoms with E-state index in [0.29, 0.717) is 12.4 Å².